The van der Waals surface area contributed by atoms with Crippen molar-refractivity contribution in [2.24, 2.45) is 13.0 Å². The molecule has 0 radical (unpaired) electrons. The molecule has 136 valence electrons. The maximum atomic E-state index is 12.5. The first-order valence-corrected chi connectivity index (χ1v) is 8.40. The van der Waals surface area contributed by atoms with Crippen molar-refractivity contribution in [3.05, 3.63) is 28.8 Å². The van der Waals surface area contributed by atoms with E-state index < -0.39 is 6.04 Å². The first-order valence-electron chi connectivity index (χ1n) is 8.03. The van der Waals surface area contributed by atoms with Crippen molar-refractivity contribution in [1.82, 2.24) is 24.9 Å². The summed E-state index contributed by atoms with van der Waals surface area (Å²) < 4.78 is 2.92. The highest BCUT2D eigenvalue weighted by Crippen LogP contribution is 2.19. The zero-order valence-corrected chi connectivity index (χ0v) is 15.8. The molecule has 1 atom stereocenters. The van der Waals surface area contributed by atoms with Crippen LogP contribution in [0, 0.1) is 12.8 Å². The molecule has 0 aliphatic carbocycles. The van der Waals surface area contributed by atoms with E-state index in [-0.39, 0.29) is 11.8 Å². The molecule has 1 unspecified atom stereocenters. The number of nitrogens with zero attached hydrogens (tertiary/aromatic N) is 4. The lowest BCUT2D eigenvalue weighted by Crippen LogP contribution is -2.31. The van der Waals surface area contributed by atoms with Gasteiger partial charge in [-0.1, -0.05) is 25.4 Å². The van der Waals surface area contributed by atoms with Crippen LogP contribution in [0.25, 0.3) is 0 Å². The Hall–Kier alpha value is -2.35. The highest BCUT2D eigenvalue weighted by Gasteiger charge is 2.22. The van der Waals surface area contributed by atoms with Crippen LogP contribution in [0.1, 0.15) is 43.0 Å². The summed E-state index contributed by atoms with van der Waals surface area (Å²) in [6, 6.07) is -0.585. The Morgan fingerprint density at radius 1 is 1.32 bits per heavy atom. The van der Waals surface area contributed by atoms with E-state index in [1.54, 1.807) is 27.1 Å². The number of nitrogens with one attached hydrogen (secondary N) is 2. The van der Waals surface area contributed by atoms with Crippen LogP contribution in [0.4, 0.5) is 5.69 Å². The fourth-order valence-corrected chi connectivity index (χ4v) is 2.33. The smallest absolute Gasteiger partial charge is 0.271 e. The minimum absolute atomic E-state index is 0.283. The number of amides is 2. The number of carbonyl (C=O) groups excluding carboxylic acids is 2. The van der Waals surface area contributed by atoms with Crippen molar-refractivity contribution in [3.8, 4) is 0 Å². The lowest BCUT2D eigenvalue weighted by atomic mass is 10.2. The molecule has 25 heavy (non-hydrogen) atoms. The third kappa shape index (κ3) is 4.39. The van der Waals surface area contributed by atoms with Crippen LogP contribution < -0.4 is 10.6 Å². The lowest BCUT2D eigenvalue weighted by molar-refractivity contribution is -0.119. The number of carbonyl (C=O) groups is 2. The number of aromatic nitrogens is 4. The number of rotatable bonds is 6. The van der Waals surface area contributed by atoms with E-state index >= 15 is 0 Å². The average Bonchev–Trinajstić information content (AvgIpc) is 3.07. The molecule has 2 aromatic heterocycles. The van der Waals surface area contributed by atoms with E-state index in [4.69, 9.17) is 11.6 Å². The highest BCUT2D eigenvalue weighted by molar-refractivity contribution is 6.31. The molecule has 8 nitrogen and oxygen atoms in total. The van der Waals surface area contributed by atoms with Gasteiger partial charge in [-0.2, -0.15) is 10.2 Å². The second kappa shape index (κ2) is 7.69. The summed E-state index contributed by atoms with van der Waals surface area (Å²) in [5.41, 5.74) is 1.31. The molecule has 2 amide bonds. The monoisotopic (exact) mass is 366 g/mol. The summed E-state index contributed by atoms with van der Waals surface area (Å²) in [4.78, 5) is 24.9. The van der Waals surface area contributed by atoms with Gasteiger partial charge < -0.3 is 10.6 Å². The molecule has 0 bridgehead atoms. The Morgan fingerprint density at radius 2 is 2.00 bits per heavy atom. The Morgan fingerprint density at radius 3 is 2.56 bits per heavy atom. The minimum atomic E-state index is -0.585. The van der Waals surface area contributed by atoms with Gasteiger partial charge in [-0.15, -0.1) is 0 Å². The number of aryl methyl sites for hydroxylation is 2. The predicted molar refractivity (Wildman–Crippen MR) is 95.7 cm³/mol. The van der Waals surface area contributed by atoms with Crippen LogP contribution >= 0.6 is 11.6 Å². The lowest BCUT2D eigenvalue weighted by Gasteiger charge is -2.13. The van der Waals surface area contributed by atoms with E-state index in [1.807, 2.05) is 13.8 Å². The maximum Gasteiger partial charge on any atom is 0.271 e. The van der Waals surface area contributed by atoms with Gasteiger partial charge in [0.1, 0.15) is 11.7 Å². The zero-order valence-electron chi connectivity index (χ0n) is 15.0. The summed E-state index contributed by atoms with van der Waals surface area (Å²) in [5.74, 6) is -0.275. The van der Waals surface area contributed by atoms with Crippen LogP contribution in [-0.2, 0) is 11.8 Å². The molecule has 0 saturated carbocycles. The second-order valence-electron chi connectivity index (χ2n) is 6.34. The summed E-state index contributed by atoms with van der Waals surface area (Å²) in [5, 5.41) is 14.3. The molecule has 2 N–H and O–H groups in total. The van der Waals surface area contributed by atoms with Crippen LogP contribution in [0.15, 0.2) is 12.4 Å². The van der Waals surface area contributed by atoms with E-state index in [0.717, 1.165) is 0 Å². The molecule has 0 fully saturated rings. The van der Waals surface area contributed by atoms with Gasteiger partial charge in [0.2, 0.25) is 5.91 Å². The minimum Gasteiger partial charge on any atom is -0.350 e. The van der Waals surface area contributed by atoms with Gasteiger partial charge in [-0.05, 0) is 19.8 Å². The van der Waals surface area contributed by atoms with Gasteiger partial charge >= 0.3 is 0 Å². The molecule has 0 spiro atoms. The topological polar surface area (TPSA) is 93.8 Å². The summed E-state index contributed by atoms with van der Waals surface area (Å²) in [6.07, 6.45) is 3.05. The summed E-state index contributed by atoms with van der Waals surface area (Å²) in [7, 11) is 1.65. The Bertz CT molecular complexity index is 760. The molecular weight excluding hydrogens is 344 g/mol. The fourth-order valence-electron chi connectivity index (χ4n) is 2.19. The zero-order chi connectivity index (χ0) is 18.7. The van der Waals surface area contributed by atoms with Gasteiger partial charge in [-0.3, -0.25) is 19.0 Å². The van der Waals surface area contributed by atoms with E-state index in [0.29, 0.717) is 34.6 Å². The maximum absolute atomic E-state index is 12.5. The second-order valence-corrected chi connectivity index (χ2v) is 6.75. The molecule has 0 aromatic carbocycles. The molecular formula is C16H23ClN6O2. The van der Waals surface area contributed by atoms with Crippen LogP contribution in [0.3, 0.4) is 0 Å². The SMILES string of the molecule is Cc1nn(C(C)C(=O)Nc2cnn(C)c2C(=O)NCC(C)C)cc1Cl. The molecule has 2 aromatic rings. The van der Waals surface area contributed by atoms with Crippen molar-refractivity contribution in [3.63, 3.8) is 0 Å². The molecule has 0 saturated heterocycles. The first-order chi connectivity index (χ1) is 11.7. The molecule has 0 aliphatic rings. The quantitative estimate of drug-likeness (QED) is 0.819. The Kier molecular flexibility index (Phi) is 5.84. The van der Waals surface area contributed by atoms with Crippen molar-refractivity contribution in [2.75, 3.05) is 11.9 Å². The standard InChI is InChI=1S/C16H23ClN6O2/c1-9(2)6-18-16(25)14-13(7-19-22(14)5)20-15(24)11(4)23-8-12(17)10(3)21-23/h7-9,11H,6H2,1-5H3,(H,18,25)(H,20,24). The predicted octanol–water partition coefficient (Wildman–Crippen LogP) is 2.16. The fraction of sp³-hybridized carbons (Fsp3) is 0.500. The van der Waals surface area contributed by atoms with Gasteiger partial charge in [0.25, 0.3) is 5.91 Å². The Labute approximate surface area is 151 Å². The number of hydrogen-bond acceptors (Lipinski definition) is 4. The summed E-state index contributed by atoms with van der Waals surface area (Å²) in [6.45, 7) is 8.02. The van der Waals surface area contributed by atoms with Gasteiger partial charge in [0, 0.05) is 19.8 Å². The number of anilines is 1. The first kappa shape index (κ1) is 19.0. The van der Waals surface area contributed by atoms with Crippen molar-refractivity contribution in [1.29, 1.82) is 0 Å². The third-order valence-corrected chi connectivity index (χ3v) is 4.09. The van der Waals surface area contributed by atoms with Gasteiger partial charge in [0.15, 0.2) is 0 Å². The van der Waals surface area contributed by atoms with E-state index in [1.165, 1.54) is 15.6 Å². The van der Waals surface area contributed by atoms with E-state index in [9.17, 15) is 9.59 Å². The highest BCUT2D eigenvalue weighted by atomic mass is 35.5. The summed E-state index contributed by atoms with van der Waals surface area (Å²) >= 11 is 5.99. The number of hydrogen-bond donors (Lipinski definition) is 2. The average molecular weight is 367 g/mol. The van der Waals surface area contributed by atoms with Crippen LogP contribution in [-0.4, -0.2) is 37.9 Å². The van der Waals surface area contributed by atoms with Crippen molar-refractivity contribution < 1.29 is 9.59 Å². The van der Waals surface area contributed by atoms with Crippen molar-refractivity contribution >= 4 is 29.1 Å². The number of halogens is 1. The molecule has 9 heteroatoms. The molecule has 0 aliphatic heterocycles. The van der Waals surface area contributed by atoms with Crippen LogP contribution in [0.5, 0.6) is 0 Å². The molecule has 2 rings (SSSR count). The normalized spacial score (nSPS) is 12.3. The Balaban J connectivity index is 2.14. The van der Waals surface area contributed by atoms with Gasteiger partial charge in [-0.25, -0.2) is 0 Å². The van der Waals surface area contributed by atoms with E-state index in [2.05, 4.69) is 20.8 Å². The van der Waals surface area contributed by atoms with Crippen LogP contribution in [0.2, 0.25) is 5.02 Å². The van der Waals surface area contributed by atoms with Gasteiger partial charge in [0.05, 0.1) is 22.6 Å². The largest absolute Gasteiger partial charge is 0.350 e. The van der Waals surface area contributed by atoms with Crippen molar-refractivity contribution in [2.45, 2.75) is 33.7 Å². The third-order valence-electron chi connectivity index (χ3n) is 3.72. The molecule has 2 heterocycles.